The SMILES string of the molecule is C[C@H]1CCCC[C@H]1N1CCNCC1. The minimum absolute atomic E-state index is 0.899. The highest BCUT2D eigenvalue weighted by Gasteiger charge is 2.27. The van der Waals surface area contributed by atoms with Gasteiger partial charge in [-0.3, -0.25) is 4.90 Å². The van der Waals surface area contributed by atoms with Gasteiger partial charge in [0.25, 0.3) is 0 Å². The number of hydrogen-bond acceptors (Lipinski definition) is 2. The predicted molar refractivity (Wildman–Crippen MR) is 55.9 cm³/mol. The van der Waals surface area contributed by atoms with Crippen LogP contribution in [-0.2, 0) is 0 Å². The highest BCUT2D eigenvalue weighted by molar-refractivity contribution is 4.83. The normalized spacial score (nSPS) is 37.6. The first kappa shape index (κ1) is 9.47. The van der Waals surface area contributed by atoms with Crippen molar-refractivity contribution in [1.29, 1.82) is 0 Å². The van der Waals surface area contributed by atoms with Crippen molar-refractivity contribution in [2.75, 3.05) is 26.2 Å². The van der Waals surface area contributed by atoms with Crippen LogP contribution in [0.2, 0.25) is 0 Å². The molecule has 1 aliphatic carbocycles. The van der Waals surface area contributed by atoms with Gasteiger partial charge < -0.3 is 5.32 Å². The van der Waals surface area contributed by atoms with E-state index in [-0.39, 0.29) is 0 Å². The third-order valence-electron chi connectivity index (χ3n) is 3.69. The molecular formula is C11H22N2. The molecule has 13 heavy (non-hydrogen) atoms. The van der Waals surface area contributed by atoms with Crippen LogP contribution in [0.4, 0.5) is 0 Å². The molecule has 1 aliphatic heterocycles. The van der Waals surface area contributed by atoms with Crippen molar-refractivity contribution in [2.45, 2.75) is 38.6 Å². The standard InChI is InChI=1S/C11H22N2/c1-10-4-2-3-5-11(10)13-8-6-12-7-9-13/h10-12H,2-9H2,1H3/t10-,11+/m0/s1. The van der Waals surface area contributed by atoms with Crippen LogP contribution in [0.3, 0.4) is 0 Å². The van der Waals surface area contributed by atoms with E-state index in [0.717, 1.165) is 12.0 Å². The van der Waals surface area contributed by atoms with E-state index < -0.39 is 0 Å². The maximum absolute atomic E-state index is 3.43. The number of nitrogens with zero attached hydrogens (tertiary/aromatic N) is 1. The first-order chi connectivity index (χ1) is 6.38. The van der Waals surface area contributed by atoms with E-state index in [1.54, 1.807) is 0 Å². The van der Waals surface area contributed by atoms with Crippen molar-refractivity contribution in [2.24, 2.45) is 5.92 Å². The van der Waals surface area contributed by atoms with E-state index in [1.807, 2.05) is 0 Å². The molecule has 1 heterocycles. The zero-order valence-electron chi connectivity index (χ0n) is 8.76. The number of nitrogens with one attached hydrogen (secondary N) is 1. The summed E-state index contributed by atoms with van der Waals surface area (Å²) in [7, 11) is 0. The molecule has 2 nitrogen and oxygen atoms in total. The lowest BCUT2D eigenvalue weighted by atomic mass is 9.84. The lowest BCUT2D eigenvalue weighted by Crippen LogP contribution is -2.51. The third-order valence-corrected chi connectivity index (χ3v) is 3.69. The molecule has 76 valence electrons. The third kappa shape index (κ3) is 2.23. The average Bonchev–Trinajstić information content (AvgIpc) is 2.20. The minimum atomic E-state index is 0.899. The molecule has 0 spiro atoms. The van der Waals surface area contributed by atoms with Gasteiger partial charge in [0.05, 0.1) is 0 Å². The lowest BCUT2D eigenvalue weighted by Gasteiger charge is -2.40. The quantitative estimate of drug-likeness (QED) is 0.660. The molecule has 0 aromatic carbocycles. The zero-order valence-corrected chi connectivity index (χ0v) is 8.76. The van der Waals surface area contributed by atoms with Crippen LogP contribution in [-0.4, -0.2) is 37.1 Å². The largest absolute Gasteiger partial charge is 0.314 e. The first-order valence-corrected chi connectivity index (χ1v) is 5.82. The summed E-state index contributed by atoms with van der Waals surface area (Å²) >= 11 is 0. The van der Waals surface area contributed by atoms with Gasteiger partial charge in [0.15, 0.2) is 0 Å². The van der Waals surface area contributed by atoms with Crippen molar-refractivity contribution in [3.05, 3.63) is 0 Å². The Morgan fingerprint density at radius 1 is 1.08 bits per heavy atom. The van der Waals surface area contributed by atoms with E-state index >= 15 is 0 Å². The summed E-state index contributed by atoms with van der Waals surface area (Å²) in [6.07, 6.45) is 5.82. The Morgan fingerprint density at radius 3 is 2.46 bits per heavy atom. The van der Waals surface area contributed by atoms with E-state index in [4.69, 9.17) is 0 Å². The van der Waals surface area contributed by atoms with Crippen molar-refractivity contribution in [3.63, 3.8) is 0 Å². The van der Waals surface area contributed by atoms with Gasteiger partial charge in [-0.25, -0.2) is 0 Å². The number of piperazine rings is 1. The number of rotatable bonds is 1. The second-order valence-corrected chi connectivity index (χ2v) is 4.62. The predicted octanol–water partition coefficient (Wildman–Crippen LogP) is 1.47. The van der Waals surface area contributed by atoms with Gasteiger partial charge in [-0.2, -0.15) is 0 Å². The molecule has 0 aromatic heterocycles. The van der Waals surface area contributed by atoms with Crippen molar-refractivity contribution in [1.82, 2.24) is 10.2 Å². The van der Waals surface area contributed by atoms with Crippen molar-refractivity contribution >= 4 is 0 Å². The Balaban J connectivity index is 1.88. The van der Waals surface area contributed by atoms with Crippen LogP contribution < -0.4 is 5.32 Å². The van der Waals surface area contributed by atoms with Gasteiger partial charge in [-0.15, -0.1) is 0 Å². The fraction of sp³-hybridized carbons (Fsp3) is 1.00. The van der Waals surface area contributed by atoms with Gasteiger partial charge in [-0.05, 0) is 18.8 Å². The minimum Gasteiger partial charge on any atom is -0.314 e. The molecule has 2 rings (SSSR count). The average molecular weight is 182 g/mol. The zero-order chi connectivity index (χ0) is 9.10. The van der Waals surface area contributed by atoms with Gasteiger partial charge >= 0.3 is 0 Å². The first-order valence-electron chi connectivity index (χ1n) is 5.82. The molecule has 1 saturated carbocycles. The molecular weight excluding hydrogens is 160 g/mol. The molecule has 0 unspecified atom stereocenters. The second kappa shape index (κ2) is 4.43. The maximum Gasteiger partial charge on any atom is 0.0122 e. The smallest absolute Gasteiger partial charge is 0.0122 e. The summed E-state index contributed by atoms with van der Waals surface area (Å²) in [6.45, 7) is 7.38. The molecule has 2 aliphatic rings. The molecule has 1 saturated heterocycles. The summed E-state index contributed by atoms with van der Waals surface area (Å²) in [6, 6.07) is 0.899. The monoisotopic (exact) mass is 182 g/mol. The van der Waals surface area contributed by atoms with Gasteiger partial charge in [0, 0.05) is 32.2 Å². The molecule has 1 N–H and O–H groups in total. The van der Waals surface area contributed by atoms with Crippen LogP contribution >= 0.6 is 0 Å². The Hall–Kier alpha value is -0.0800. The topological polar surface area (TPSA) is 15.3 Å². The van der Waals surface area contributed by atoms with Crippen LogP contribution in [0.25, 0.3) is 0 Å². The number of hydrogen-bond donors (Lipinski definition) is 1. The molecule has 0 radical (unpaired) electrons. The summed E-state index contributed by atoms with van der Waals surface area (Å²) in [5, 5.41) is 3.43. The summed E-state index contributed by atoms with van der Waals surface area (Å²) in [4.78, 5) is 2.71. The molecule has 0 bridgehead atoms. The summed E-state index contributed by atoms with van der Waals surface area (Å²) < 4.78 is 0. The van der Waals surface area contributed by atoms with Crippen LogP contribution in [0.15, 0.2) is 0 Å². The highest BCUT2D eigenvalue weighted by atomic mass is 15.2. The molecule has 2 heteroatoms. The van der Waals surface area contributed by atoms with E-state index in [0.29, 0.717) is 0 Å². The van der Waals surface area contributed by atoms with Gasteiger partial charge in [0.2, 0.25) is 0 Å². The van der Waals surface area contributed by atoms with Crippen LogP contribution in [0.5, 0.6) is 0 Å². The van der Waals surface area contributed by atoms with Gasteiger partial charge in [-0.1, -0.05) is 19.8 Å². The summed E-state index contributed by atoms with van der Waals surface area (Å²) in [5.41, 5.74) is 0. The van der Waals surface area contributed by atoms with Crippen LogP contribution in [0, 0.1) is 5.92 Å². The van der Waals surface area contributed by atoms with Gasteiger partial charge in [0.1, 0.15) is 0 Å². The Kier molecular flexibility index (Phi) is 3.23. The Labute approximate surface area is 81.7 Å². The fourth-order valence-electron chi connectivity index (χ4n) is 2.85. The highest BCUT2D eigenvalue weighted by Crippen LogP contribution is 2.27. The lowest BCUT2D eigenvalue weighted by molar-refractivity contribution is 0.0988. The maximum atomic E-state index is 3.43. The summed E-state index contributed by atoms with van der Waals surface area (Å²) in [5.74, 6) is 0.937. The Bertz CT molecular complexity index is 152. The van der Waals surface area contributed by atoms with E-state index in [9.17, 15) is 0 Å². The van der Waals surface area contributed by atoms with Crippen molar-refractivity contribution < 1.29 is 0 Å². The fourth-order valence-corrected chi connectivity index (χ4v) is 2.85. The van der Waals surface area contributed by atoms with Crippen LogP contribution in [0.1, 0.15) is 32.6 Å². The molecule has 0 amide bonds. The van der Waals surface area contributed by atoms with Crippen molar-refractivity contribution in [3.8, 4) is 0 Å². The molecule has 2 atom stereocenters. The molecule has 0 aromatic rings. The van der Waals surface area contributed by atoms with E-state index in [2.05, 4.69) is 17.1 Å². The van der Waals surface area contributed by atoms with E-state index in [1.165, 1.54) is 51.9 Å². The Morgan fingerprint density at radius 2 is 1.77 bits per heavy atom. The molecule has 2 fully saturated rings. The second-order valence-electron chi connectivity index (χ2n) is 4.62.